The number of hydrogen-bond donors (Lipinski definition) is 0. The summed E-state index contributed by atoms with van der Waals surface area (Å²) in [5.74, 6) is 0.919. The molecule has 0 saturated carbocycles. The number of nitrogens with zero attached hydrogens (tertiary/aromatic N) is 2. The van der Waals surface area contributed by atoms with Crippen LogP contribution in [-0.2, 0) is 0 Å². The van der Waals surface area contributed by atoms with Gasteiger partial charge in [0.2, 0.25) is 0 Å². The minimum atomic E-state index is 0.680. The largest absolute Gasteiger partial charge is 0.494 e. The lowest BCUT2D eigenvalue weighted by Crippen LogP contribution is -1.96. The summed E-state index contributed by atoms with van der Waals surface area (Å²) in [6.07, 6.45) is 1.59. The Bertz CT molecular complexity index is 494. The molecule has 0 amide bonds. The third-order valence-electron chi connectivity index (χ3n) is 2.43. The molecule has 0 saturated heterocycles. The van der Waals surface area contributed by atoms with Gasteiger partial charge in [0, 0.05) is 11.1 Å². The van der Waals surface area contributed by atoms with Crippen LogP contribution in [0, 0.1) is 13.8 Å². The van der Waals surface area contributed by atoms with E-state index in [4.69, 9.17) is 4.74 Å². The summed E-state index contributed by atoms with van der Waals surface area (Å²) in [6.45, 7) is 6.67. The van der Waals surface area contributed by atoms with Gasteiger partial charge in [-0.15, -0.1) is 0 Å². The number of aryl methyl sites for hydroxylation is 2. The molecule has 15 heavy (non-hydrogen) atoms. The molecule has 3 nitrogen and oxygen atoms in total. The zero-order valence-corrected chi connectivity index (χ0v) is 9.24. The van der Waals surface area contributed by atoms with Crippen LogP contribution in [0.15, 0.2) is 18.5 Å². The van der Waals surface area contributed by atoms with Crippen LogP contribution in [0.4, 0.5) is 0 Å². The predicted octanol–water partition coefficient (Wildman–Crippen LogP) is 2.65. The van der Waals surface area contributed by atoms with E-state index in [0.717, 1.165) is 27.9 Å². The molecular weight excluding hydrogens is 188 g/mol. The number of hydrogen-bond acceptors (Lipinski definition) is 3. The zero-order chi connectivity index (χ0) is 10.8. The van der Waals surface area contributed by atoms with E-state index in [1.165, 1.54) is 0 Å². The van der Waals surface area contributed by atoms with Gasteiger partial charge in [-0.25, -0.2) is 9.97 Å². The van der Waals surface area contributed by atoms with Crippen molar-refractivity contribution >= 4 is 10.9 Å². The van der Waals surface area contributed by atoms with Gasteiger partial charge in [-0.05, 0) is 38.5 Å². The first kappa shape index (κ1) is 9.90. The van der Waals surface area contributed by atoms with Crippen molar-refractivity contribution in [1.82, 2.24) is 9.97 Å². The van der Waals surface area contributed by atoms with Crippen molar-refractivity contribution in [3.63, 3.8) is 0 Å². The normalized spacial score (nSPS) is 10.6. The van der Waals surface area contributed by atoms with Crippen LogP contribution in [0.5, 0.6) is 5.75 Å². The van der Waals surface area contributed by atoms with Gasteiger partial charge < -0.3 is 4.74 Å². The Balaban J connectivity index is 2.66. The van der Waals surface area contributed by atoms with Crippen molar-refractivity contribution in [2.24, 2.45) is 0 Å². The second kappa shape index (κ2) is 3.85. The Morgan fingerprint density at radius 1 is 1.20 bits per heavy atom. The molecule has 78 valence electrons. The Hall–Kier alpha value is -1.64. The molecule has 3 heteroatoms. The van der Waals surface area contributed by atoms with Gasteiger partial charge >= 0.3 is 0 Å². The predicted molar refractivity (Wildman–Crippen MR) is 60.2 cm³/mol. The van der Waals surface area contributed by atoms with Crippen molar-refractivity contribution in [2.75, 3.05) is 6.61 Å². The fourth-order valence-corrected chi connectivity index (χ4v) is 1.63. The molecule has 1 aromatic heterocycles. The minimum absolute atomic E-state index is 0.680. The Kier molecular flexibility index (Phi) is 2.54. The number of aromatic nitrogens is 2. The molecule has 0 aliphatic carbocycles. The Morgan fingerprint density at radius 3 is 2.73 bits per heavy atom. The van der Waals surface area contributed by atoms with Crippen LogP contribution in [0.2, 0.25) is 0 Å². The van der Waals surface area contributed by atoms with Crippen LogP contribution >= 0.6 is 0 Å². The lowest BCUT2D eigenvalue weighted by Gasteiger charge is -2.09. The van der Waals surface area contributed by atoms with Crippen LogP contribution < -0.4 is 4.74 Å². The van der Waals surface area contributed by atoms with E-state index in [1.807, 2.05) is 32.9 Å². The first-order chi connectivity index (χ1) is 7.22. The first-order valence-electron chi connectivity index (χ1n) is 5.07. The van der Waals surface area contributed by atoms with Crippen LogP contribution in [0.3, 0.4) is 0 Å². The van der Waals surface area contributed by atoms with Crippen molar-refractivity contribution in [3.8, 4) is 5.75 Å². The molecule has 1 aromatic carbocycles. The maximum absolute atomic E-state index is 5.54. The molecule has 0 atom stereocenters. The molecule has 0 spiro atoms. The van der Waals surface area contributed by atoms with Crippen molar-refractivity contribution in [1.29, 1.82) is 0 Å². The lowest BCUT2D eigenvalue weighted by molar-refractivity contribution is 0.338. The van der Waals surface area contributed by atoms with E-state index in [1.54, 1.807) is 6.33 Å². The molecule has 0 aliphatic rings. The van der Waals surface area contributed by atoms with Gasteiger partial charge in [-0.1, -0.05) is 0 Å². The molecule has 0 unspecified atom stereocenters. The van der Waals surface area contributed by atoms with Gasteiger partial charge in [-0.3, -0.25) is 0 Å². The standard InChI is InChI=1S/C12H14N2O/c1-4-15-12-6-10-9(3)13-7-14-11(10)5-8(12)2/h5-7H,4H2,1-3H3. The highest BCUT2D eigenvalue weighted by molar-refractivity contribution is 5.83. The highest BCUT2D eigenvalue weighted by Gasteiger charge is 2.05. The molecule has 0 radical (unpaired) electrons. The monoisotopic (exact) mass is 202 g/mol. The van der Waals surface area contributed by atoms with Crippen LogP contribution in [0.1, 0.15) is 18.2 Å². The van der Waals surface area contributed by atoms with E-state index in [9.17, 15) is 0 Å². The smallest absolute Gasteiger partial charge is 0.122 e. The quantitative estimate of drug-likeness (QED) is 0.751. The summed E-state index contributed by atoms with van der Waals surface area (Å²) in [7, 11) is 0. The van der Waals surface area contributed by atoms with E-state index >= 15 is 0 Å². The summed E-state index contributed by atoms with van der Waals surface area (Å²) in [6, 6.07) is 4.05. The topological polar surface area (TPSA) is 35.0 Å². The van der Waals surface area contributed by atoms with Crippen LogP contribution in [-0.4, -0.2) is 16.6 Å². The SMILES string of the molecule is CCOc1cc2c(C)ncnc2cc1C. The Morgan fingerprint density at radius 2 is 2.00 bits per heavy atom. The maximum Gasteiger partial charge on any atom is 0.122 e. The van der Waals surface area contributed by atoms with Crippen LogP contribution in [0.25, 0.3) is 10.9 Å². The number of benzene rings is 1. The van der Waals surface area contributed by atoms with Crippen molar-refractivity contribution in [3.05, 3.63) is 29.7 Å². The minimum Gasteiger partial charge on any atom is -0.494 e. The fraction of sp³-hybridized carbons (Fsp3) is 0.333. The lowest BCUT2D eigenvalue weighted by atomic mass is 10.1. The fourth-order valence-electron chi connectivity index (χ4n) is 1.63. The number of rotatable bonds is 2. The second-order valence-corrected chi connectivity index (χ2v) is 3.53. The molecule has 0 fully saturated rings. The number of fused-ring (bicyclic) bond motifs is 1. The molecule has 2 rings (SSSR count). The van der Waals surface area contributed by atoms with Gasteiger partial charge in [0.25, 0.3) is 0 Å². The number of ether oxygens (including phenoxy) is 1. The maximum atomic E-state index is 5.54. The van der Waals surface area contributed by atoms with Gasteiger partial charge in [0.15, 0.2) is 0 Å². The highest BCUT2D eigenvalue weighted by atomic mass is 16.5. The van der Waals surface area contributed by atoms with E-state index in [0.29, 0.717) is 6.61 Å². The van der Waals surface area contributed by atoms with Gasteiger partial charge in [-0.2, -0.15) is 0 Å². The van der Waals surface area contributed by atoms with E-state index < -0.39 is 0 Å². The molecule has 1 heterocycles. The Labute approximate surface area is 89.1 Å². The molecule has 0 bridgehead atoms. The summed E-state index contributed by atoms with van der Waals surface area (Å²) in [4.78, 5) is 8.41. The second-order valence-electron chi connectivity index (χ2n) is 3.53. The first-order valence-corrected chi connectivity index (χ1v) is 5.07. The molecule has 0 N–H and O–H groups in total. The molecule has 2 aromatic rings. The third-order valence-corrected chi connectivity index (χ3v) is 2.43. The highest BCUT2D eigenvalue weighted by Crippen LogP contribution is 2.25. The van der Waals surface area contributed by atoms with Gasteiger partial charge in [0.1, 0.15) is 12.1 Å². The average molecular weight is 202 g/mol. The van der Waals surface area contributed by atoms with Gasteiger partial charge in [0.05, 0.1) is 12.1 Å². The van der Waals surface area contributed by atoms with Crippen molar-refractivity contribution in [2.45, 2.75) is 20.8 Å². The summed E-state index contributed by atoms with van der Waals surface area (Å²) < 4.78 is 5.54. The summed E-state index contributed by atoms with van der Waals surface area (Å²) in [5, 5.41) is 1.06. The summed E-state index contributed by atoms with van der Waals surface area (Å²) >= 11 is 0. The van der Waals surface area contributed by atoms with E-state index in [-0.39, 0.29) is 0 Å². The average Bonchev–Trinajstić information content (AvgIpc) is 2.21. The third kappa shape index (κ3) is 1.77. The van der Waals surface area contributed by atoms with E-state index in [2.05, 4.69) is 9.97 Å². The molecular formula is C12H14N2O. The van der Waals surface area contributed by atoms with Crippen molar-refractivity contribution < 1.29 is 4.74 Å². The summed E-state index contributed by atoms with van der Waals surface area (Å²) in [5.41, 5.74) is 3.08. The molecule has 0 aliphatic heterocycles. The zero-order valence-electron chi connectivity index (χ0n) is 9.24.